The van der Waals surface area contributed by atoms with Crippen molar-refractivity contribution in [2.24, 2.45) is 0 Å². The average molecular weight is 535 g/mol. The molecule has 1 saturated carbocycles. The van der Waals surface area contributed by atoms with Gasteiger partial charge in [-0.1, -0.05) is 81.3 Å². The Labute approximate surface area is 234 Å². The summed E-state index contributed by atoms with van der Waals surface area (Å²) in [5.74, 6) is -0.708. The van der Waals surface area contributed by atoms with Crippen LogP contribution in [-0.4, -0.2) is 43.1 Å². The minimum Gasteiger partial charge on any atom is -0.385 e. The largest absolute Gasteiger partial charge is 0.385 e. The molecule has 5 nitrogen and oxygen atoms in total. The second-order valence-corrected chi connectivity index (χ2v) is 11.6. The standard InChI is InChI=1S/C17H24O3.C17H22O2/c1-2-3-14-4-6-15(7-5-14)16(18)8-10-17(11-9-16)19-12-13-20-17;1-2-3-14-4-6-15(7-5-14)16-8-10-17(11-9-16)18-12-13-19-17/h4-7,18H,2-3,8-13H2,1H3;4-8H,2-3,9-13H2,1H3. The zero-order valence-corrected chi connectivity index (χ0v) is 23.9. The normalized spacial score (nSPS) is 22.9. The van der Waals surface area contributed by atoms with Gasteiger partial charge in [0.2, 0.25) is 0 Å². The van der Waals surface area contributed by atoms with E-state index in [0.29, 0.717) is 26.1 Å². The number of allylic oxidation sites excluding steroid dienone is 1. The summed E-state index contributed by atoms with van der Waals surface area (Å²) in [6.07, 6.45) is 12.8. The summed E-state index contributed by atoms with van der Waals surface area (Å²) in [5, 5.41) is 10.9. The first kappa shape index (κ1) is 28.5. The molecule has 212 valence electrons. The minimum absolute atomic E-state index is 0.300. The molecule has 3 fully saturated rings. The zero-order chi connectivity index (χ0) is 27.2. The van der Waals surface area contributed by atoms with Gasteiger partial charge in [-0.2, -0.15) is 0 Å². The average Bonchev–Trinajstić information content (AvgIpc) is 3.63. The van der Waals surface area contributed by atoms with Crippen molar-refractivity contribution in [1.29, 1.82) is 0 Å². The Morgan fingerprint density at radius 3 is 1.64 bits per heavy atom. The second-order valence-electron chi connectivity index (χ2n) is 11.6. The number of benzene rings is 2. The van der Waals surface area contributed by atoms with Gasteiger partial charge in [-0.3, -0.25) is 0 Å². The van der Waals surface area contributed by atoms with Crippen LogP contribution < -0.4 is 0 Å². The summed E-state index contributed by atoms with van der Waals surface area (Å²) in [6.45, 7) is 7.26. The number of hydrogen-bond acceptors (Lipinski definition) is 5. The van der Waals surface area contributed by atoms with E-state index in [9.17, 15) is 5.11 Å². The minimum atomic E-state index is -0.717. The first-order valence-corrected chi connectivity index (χ1v) is 15.1. The van der Waals surface area contributed by atoms with Crippen molar-refractivity contribution in [2.75, 3.05) is 26.4 Å². The molecule has 0 atom stereocenters. The lowest BCUT2D eigenvalue weighted by Crippen LogP contribution is -2.42. The third-order valence-corrected chi connectivity index (χ3v) is 8.79. The summed E-state index contributed by atoms with van der Waals surface area (Å²) < 4.78 is 23.0. The monoisotopic (exact) mass is 534 g/mol. The van der Waals surface area contributed by atoms with E-state index >= 15 is 0 Å². The van der Waals surface area contributed by atoms with E-state index in [0.717, 1.165) is 63.7 Å². The molecule has 0 aromatic heterocycles. The highest BCUT2D eigenvalue weighted by Crippen LogP contribution is 2.45. The van der Waals surface area contributed by atoms with E-state index in [1.165, 1.54) is 35.1 Å². The Hall–Kier alpha value is -2.02. The predicted molar refractivity (Wildman–Crippen MR) is 154 cm³/mol. The van der Waals surface area contributed by atoms with Gasteiger partial charge in [0.05, 0.1) is 32.0 Å². The highest BCUT2D eigenvalue weighted by Gasteiger charge is 2.46. The van der Waals surface area contributed by atoms with Crippen LogP contribution in [-0.2, 0) is 37.4 Å². The SMILES string of the molecule is CCCc1ccc(C2(O)CCC3(CC2)OCCO3)cc1.CCCc1ccc(C2=CCC3(CC2)OCCO3)cc1. The molecule has 2 aromatic rings. The Bertz CT molecular complexity index is 1070. The fourth-order valence-corrected chi connectivity index (χ4v) is 6.39. The van der Waals surface area contributed by atoms with Gasteiger partial charge in [0.1, 0.15) is 0 Å². The molecule has 1 N–H and O–H groups in total. The highest BCUT2D eigenvalue weighted by atomic mass is 16.7. The van der Waals surface area contributed by atoms with E-state index in [1.807, 2.05) is 0 Å². The van der Waals surface area contributed by atoms with Crippen LogP contribution in [0.4, 0.5) is 0 Å². The molecule has 2 aromatic carbocycles. The maximum Gasteiger partial charge on any atom is 0.172 e. The van der Waals surface area contributed by atoms with E-state index in [-0.39, 0.29) is 5.79 Å². The molecule has 0 bridgehead atoms. The molecular weight excluding hydrogens is 488 g/mol. The van der Waals surface area contributed by atoms with Crippen molar-refractivity contribution in [1.82, 2.24) is 0 Å². The summed E-state index contributed by atoms with van der Waals surface area (Å²) in [5.41, 5.74) is 5.88. The lowest BCUT2D eigenvalue weighted by Gasteiger charge is -2.40. The van der Waals surface area contributed by atoms with Crippen LogP contribution >= 0.6 is 0 Å². The quantitative estimate of drug-likeness (QED) is 0.429. The molecule has 2 aliphatic heterocycles. The van der Waals surface area contributed by atoms with Gasteiger partial charge in [-0.25, -0.2) is 0 Å². The molecule has 2 aliphatic carbocycles. The third-order valence-electron chi connectivity index (χ3n) is 8.79. The molecule has 39 heavy (non-hydrogen) atoms. The second kappa shape index (κ2) is 12.7. The highest BCUT2D eigenvalue weighted by molar-refractivity contribution is 5.66. The number of ether oxygens (including phenoxy) is 4. The van der Waals surface area contributed by atoms with Gasteiger partial charge in [0.15, 0.2) is 11.6 Å². The maximum atomic E-state index is 10.9. The first-order chi connectivity index (χ1) is 19.0. The molecule has 4 aliphatic rings. The van der Waals surface area contributed by atoms with E-state index in [1.54, 1.807) is 0 Å². The lowest BCUT2D eigenvalue weighted by molar-refractivity contribution is -0.204. The molecule has 6 rings (SSSR count). The Morgan fingerprint density at radius 1 is 0.641 bits per heavy atom. The summed E-state index contributed by atoms with van der Waals surface area (Å²) in [7, 11) is 0. The van der Waals surface area contributed by atoms with Crippen LogP contribution in [0.15, 0.2) is 54.6 Å². The van der Waals surface area contributed by atoms with Crippen molar-refractivity contribution < 1.29 is 24.1 Å². The van der Waals surface area contributed by atoms with Crippen LogP contribution in [0.2, 0.25) is 0 Å². The van der Waals surface area contributed by atoms with Crippen LogP contribution in [0.5, 0.6) is 0 Å². The van der Waals surface area contributed by atoms with Crippen molar-refractivity contribution >= 4 is 5.57 Å². The third kappa shape index (κ3) is 6.83. The zero-order valence-electron chi connectivity index (χ0n) is 23.9. The number of rotatable bonds is 6. The maximum absolute atomic E-state index is 10.9. The van der Waals surface area contributed by atoms with Gasteiger partial charge in [0, 0.05) is 25.7 Å². The molecule has 0 radical (unpaired) electrons. The van der Waals surface area contributed by atoms with Crippen molar-refractivity contribution in [3.05, 3.63) is 76.9 Å². The van der Waals surface area contributed by atoms with Crippen LogP contribution in [0.1, 0.15) is 93.9 Å². The van der Waals surface area contributed by atoms with Gasteiger partial charge in [-0.15, -0.1) is 0 Å². The van der Waals surface area contributed by atoms with Gasteiger partial charge in [0.25, 0.3) is 0 Å². The predicted octanol–water partition coefficient (Wildman–Crippen LogP) is 7.09. The van der Waals surface area contributed by atoms with Crippen molar-refractivity contribution in [2.45, 2.75) is 102 Å². The molecule has 0 amide bonds. The molecular formula is C34H46O5. The molecule has 2 spiro atoms. The topological polar surface area (TPSA) is 57.2 Å². The Morgan fingerprint density at radius 2 is 1.15 bits per heavy atom. The Balaban J connectivity index is 0.000000158. The number of hydrogen-bond donors (Lipinski definition) is 1. The number of aryl methyl sites for hydroxylation is 2. The summed E-state index contributed by atoms with van der Waals surface area (Å²) in [6, 6.07) is 17.5. The first-order valence-electron chi connectivity index (χ1n) is 15.1. The van der Waals surface area contributed by atoms with Gasteiger partial charge < -0.3 is 24.1 Å². The van der Waals surface area contributed by atoms with E-state index < -0.39 is 11.4 Å². The number of aliphatic hydroxyl groups is 1. The fraction of sp³-hybridized carbons (Fsp3) is 0.588. The molecule has 5 heteroatoms. The van der Waals surface area contributed by atoms with Crippen LogP contribution in [0.25, 0.3) is 5.57 Å². The molecule has 2 saturated heterocycles. The fourth-order valence-electron chi connectivity index (χ4n) is 6.39. The summed E-state index contributed by atoms with van der Waals surface area (Å²) in [4.78, 5) is 0. The molecule has 0 unspecified atom stereocenters. The Kier molecular flexibility index (Phi) is 9.25. The summed E-state index contributed by atoms with van der Waals surface area (Å²) >= 11 is 0. The van der Waals surface area contributed by atoms with Gasteiger partial charge in [-0.05, 0) is 59.9 Å². The van der Waals surface area contributed by atoms with Gasteiger partial charge >= 0.3 is 0 Å². The van der Waals surface area contributed by atoms with E-state index in [4.69, 9.17) is 18.9 Å². The van der Waals surface area contributed by atoms with Crippen LogP contribution in [0.3, 0.4) is 0 Å². The van der Waals surface area contributed by atoms with E-state index in [2.05, 4.69) is 68.5 Å². The lowest BCUT2D eigenvalue weighted by atomic mass is 9.77. The van der Waals surface area contributed by atoms with Crippen molar-refractivity contribution in [3.8, 4) is 0 Å². The van der Waals surface area contributed by atoms with Crippen molar-refractivity contribution in [3.63, 3.8) is 0 Å². The van der Waals surface area contributed by atoms with Crippen LogP contribution in [0, 0.1) is 0 Å². The molecule has 2 heterocycles. The smallest absolute Gasteiger partial charge is 0.172 e.